The molecule has 6 heteroatoms. The minimum Gasteiger partial charge on any atom is -0.396 e. The minimum absolute atomic E-state index is 0.0647. The van der Waals surface area contributed by atoms with Crippen LogP contribution in [-0.4, -0.2) is 59.3 Å². The average molecular weight is 347 g/mol. The van der Waals surface area contributed by atoms with E-state index < -0.39 is 0 Å². The normalized spacial score (nSPS) is 28.3. The number of nitrogens with zero attached hydrogens (tertiary/aromatic N) is 4. The van der Waals surface area contributed by atoms with Crippen molar-refractivity contribution in [1.29, 1.82) is 0 Å². The fourth-order valence-corrected chi connectivity index (χ4v) is 5.60. The van der Waals surface area contributed by atoms with E-state index in [0.717, 1.165) is 43.1 Å². The van der Waals surface area contributed by atoms with Crippen molar-refractivity contribution in [1.82, 2.24) is 14.9 Å². The van der Waals surface area contributed by atoms with Gasteiger partial charge in [0.05, 0.1) is 12.0 Å². The molecule has 0 bridgehead atoms. The number of piperidine rings is 2. The molecule has 0 unspecified atom stereocenters. The van der Waals surface area contributed by atoms with E-state index in [0.29, 0.717) is 12.6 Å². The number of thiophene rings is 1. The highest BCUT2D eigenvalue weighted by Crippen LogP contribution is 2.43. The Morgan fingerprint density at radius 3 is 2.92 bits per heavy atom. The Hall–Kier alpha value is -1.24. The molecule has 4 rings (SSSR count). The molecule has 2 aromatic rings. The molecule has 0 spiro atoms. The van der Waals surface area contributed by atoms with Gasteiger partial charge in [0.1, 0.15) is 17.0 Å². The lowest BCUT2D eigenvalue weighted by molar-refractivity contribution is -0.0277. The van der Waals surface area contributed by atoms with Gasteiger partial charge in [-0.25, -0.2) is 9.97 Å². The first-order chi connectivity index (χ1) is 11.6. The average Bonchev–Trinajstić information content (AvgIpc) is 2.89. The van der Waals surface area contributed by atoms with E-state index in [1.165, 1.54) is 22.2 Å². The van der Waals surface area contributed by atoms with Crippen molar-refractivity contribution >= 4 is 27.4 Å². The number of aryl methyl sites for hydroxylation is 2. The SMILES string of the molecule is Cc1sc2ncnc(N3CC[C@@]4(CO)CCCN(C)[C@@H]4C3)c2c1C. The number of aromatic nitrogens is 2. The summed E-state index contributed by atoms with van der Waals surface area (Å²) < 4.78 is 0. The number of aliphatic hydroxyl groups is 1. The van der Waals surface area contributed by atoms with Crippen LogP contribution in [0.25, 0.3) is 10.2 Å². The zero-order valence-electron chi connectivity index (χ0n) is 14.7. The molecule has 4 heterocycles. The fraction of sp³-hybridized carbons (Fsp3) is 0.667. The van der Waals surface area contributed by atoms with Crippen LogP contribution in [-0.2, 0) is 0 Å². The number of likely N-dealkylation sites (tertiary alicyclic amines) is 1. The van der Waals surface area contributed by atoms with Gasteiger partial charge in [-0.15, -0.1) is 11.3 Å². The third-order valence-corrected chi connectivity index (χ3v) is 7.37. The summed E-state index contributed by atoms with van der Waals surface area (Å²) >= 11 is 1.76. The molecule has 0 aliphatic carbocycles. The number of anilines is 1. The third kappa shape index (κ3) is 2.35. The molecule has 2 aliphatic heterocycles. The van der Waals surface area contributed by atoms with Crippen molar-refractivity contribution in [2.75, 3.05) is 38.2 Å². The summed E-state index contributed by atoms with van der Waals surface area (Å²) in [6.45, 7) is 7.66. The van der Waals surface area contributed by atoms with Gasteiger partial charge in [-0.3, -0.25) is 0 Å². The van der Waals surface area contributed by atoms with Crippen LogP contribution in [0.3, 0.4) is 0 Å². The molecule has 2 aromatic heterocycles. The van der Waals surface area contributed by atoms with E-state index in [1.54, 1.807) is 17.7 Å². The smallest absolute Gasteiger partial charge is 0.141 e. The second kappa shape index (κ2) is 5.93. The van der Waals surface area contributed by atoms with Crippen LogP contribution in [0.4, 0.5) is 5.82 Å². The lowest BCUT2D eigenvalue weighted by Crippen LogP contribution is -2.61. The maximum absolute atomic E-state index is 10.1. The summed E-state index contributed by atoms with van der Waals surface area (Å²) in [5.74, 6) is 1.08. The second-order valence-corrected chi connectivity index (χ2v) is 8.68. The van der Waals surface area contributed by atoms with Gasteiger partial charge in [0.15, 0.2) is 0 Å². The molecule has 5 nitrogen and oxygen atoms in total. The topological polar surface area (TPSA) is 52.5 Å². The van der Waals surface area contributed by atoms with Crippen LogP contribution < -0.4 is 4.90 Å². The van der Waals surface area contributed by atoms with E-state index in [1.807, 2.05) is 0 Å². The maximum Gasteiger partial charge on any atom is 0.141 e. The molecule has 2 saturated heterocycles. The van der Waals surface area contributed by atoms with Gasteiger partial charge < -0.3 is 14.9 Å². The number of hydrogen-bond donors (Lipinski definition) is 1. The van der Waals surface area contributed by atoms with Gasteiger partial charge >= 0.3 is 0 Å². The van der Waals surface area contributed by atoms with Crippen LogP contribution in [0.5, 0.6) is 0 Å². The number of rotatable bonds is 2. The van der Waals surface area contributed by atoms with E-state index in [2.05, 4.69) is 40.7 Å². The molecule has 2 fully saturated rings. The van der Waals surface area contributed by atoms with Crippen molar-refractivity contribution in [2.45, 2.75) is 39.2 Å². The number of likely N-dealkylation sites (N-methyl/N-ethyl adjacent to an activating group) is 1. The van der Waals surface area contributed by atoms with Crippen molar-refractivity contribution in [3.63, 3.8) is 0 Å². The summed E-state index contributed by atoms with van der Waals surface area (Å²) in [6.07, 6.45) is 5.06. The highest BCUT2D eigenvalue weighted by molar-refractivity contribution is 7.18. The Labute approximate surface area is 147 Å². The highest BCUT2D eigenvalue weighted by atomic mass is 32.1. The Morgan fingerprint density at radius 2 is 2.12 bits per heavy atom. The van der Waals surface area contributed by atoms with Gasteiger partial charge in [0.2, 0.25) is 0 Å². The minimum atomic E-state index is 0.0647. The summed E-state index contributed by atoms with van der Waals surface area (Å²) in [5.41, 5.74) is 1.37. The second-order valence-electron chi connectivity index (χ2n) is 7.48. The molecule has 1 N–H and O–H groups in total. The van der Waals surface area contributed by atoms with Crippen LogP contribution in [0, 0.1) is 19.3 Å². The molecule has 0 saturated carbocycles. The monoisotopic (exact) mass is 346 g/mol. The van der Waals surface area contributed by atoms with Crippen molar-refractivity contribution < 1.29 is 5.11 Å². The zero-order valence-corrected chi connectivity index (χ0v) is 15.6. The van der Waals surface area contributed by atoms with Crippen molar-refractivity contribution in [3.05, 3.63) is 16.8 Å². The molecule has 2 aliphatic rings. The summed E-state index contributed by atoms with van der Waals surface area (Å²) in [5, 5.41) is 11.3. The molecule has 24 heavy (non-hydrogen) atoms. The summed E-state index contributed by atoms with van der Waals surface area (Å²) in [4.78, 5) is 16.4. The maximum atomic E-state index is 10.1. The van der Waals surface area contributed by atoms with E-state index in [4.69, 9.17) is 0 Å². The third-order valence-electron chi connectivity index (χ3n) is 6.26. The van der Waals surface area contributed by atoms with Crippen LogP contribution in [0.15, 0.2) is 6.33 Å². The van der Waals surface area contributed by atoms with Crippen molar-refractivity contribution in [3.8, 4) is 0 Å². The number of aliphatic hydroxyl groups excluding tert-OH is 1. The molecule has 130 valence electrons. The molecular weight excluding hydrogens is 320 g/mol. The predicted molar refractivity (Wildman–Crippen MR) is 98.9 cm³/mol. The van der Waals surface area contributed by atoms with Gasteiger partial charge in [-0.2, -0.15) is 0 Å². The van der Waals surface area contributed by atoms with E-state index in [-0.39, 0.29) is 5.41 Å². The van der Waals surface area contributed by atoms with Crippen LogP contribution in [0.2, 0.25) is 0 Å². The predicted octanol–water partition coefficient (Wildman–Crippen LogP) is 2.59. The first-order valence-corrected chi connectivity index (χ1v) is 9.64. The van der Waals surface area contributed by atoms with Crippen LogP contribution >= 0.6 is 11.3 Å². The standard InChI is InChI=1S/C18H26N4OS/c1-12-13(2)24-17-15(12)16(19-11-20-17)22-8-6-18(10-23)5-4-7-21(3)14(18)9-22/h11,14,23H,4-10H2,1-3H3/t14-,18-/m1/s1. The molecule has 0 radical (unpaired) electrons. The molecular formula is C18H26N4OS. The van der Waals surface area contributed by atoms with Gasteiger partial charge in [-0.05, 0) is 52.3 Å². The summed E-state index contributed by atoms with van der Waals surface area (Å²) in [6, 6.07) is 0.398. The quantitative estimate of drug-likeness (QED) is 0.906. The molecule has 2 atom stereocenters. The van der Waals surface area contributed by atoms with E-state index in [9.17, 15) is 5.11 Å². The first-order valence-electron chi connectivity index (χ1n) is 8.82. The van der Waals surface area contributed by atoms with E-state index >= 15 is 0 Å². The zero-order chi connectivity index (χ0) is 16.9. The summed E-state index contributed by atoms with van der Waals surface area (Å²) in [7, 11) is 2.20. The number of hydrogen-bond acceptors (Lipinski definition) is 6. The highest BCUT2D eigenvalue weighted by Gasteiger charge is 2.46. The largest absolute Gasteiger partial charge is 0.396 e. The molecule has 0 amide bonds. The van der Waals surface area contributed by atoms with Gasteiger partial charge in [-0.1, -0.05) is 0 Å². The Morgan fingerprint density at radius 1 is 1.29 bits per heavy atom. The van der Waals surface area contributed by atoms with Crippen LogP contribution in [0.1, 0.15) is 29.7 Å². The first kappa shape index (κ1) is 16.2. The Balaban J connectivity index is 1.72. The lowest BCUT2D eigenvalue weighted by Gasteiger charge is -2.53. The van der Waals surface area contributed by atoms with Gasteiger partial charge in [0.25, 0.3) is 0 Å². The lowest BCUT2D eigenvalue weighted by atomic mass is 9.69. The number of fused-ring (bicyclic) bond motifs is 2. The fourth-order valence-electron chi connectivity index (χ4n) is 4.61. The molecule has 0 aromatic carbocycles. The Kier molecular flexibility index (Phi) is 4.01. The Bertz CT molecular complexity index is 761. The van der Waals surface area contributed by atoms with Gasteiger partial charge in [0, 0.05) is 29.4 Å². The van der Waals surface area contributed by atoms with Crippen molar-refractivity contribution in [2.24, 2.45) is 5.41 Å².